The van der Waals surface area contributed by atoms with Crippen molar-refractivity contribution in [1.82, 2.24) is 25.0 Å². The molecule has 326 valence electrons. The first-order valence-corrected chi connectivity index (χ1v) is 18.1. The van der Waals surface area contributed by atoms with Crippen molar-refractivity contribution in [3.63, 3.8) is 0 Å². The van der Waals surface area contributed by atoms with E-state index in [-0.39, 0.29) is 11.5 Å². The van der Waals surface area contributed by atoms with Gasteiger partial charge in [-0.25, -0.2) is 41.0 Å². The van der Waals surface area contributed by atoms with Crippen LogP contribution in [0.3, 0.4) is 0 Å². The summed E-state index contributed by atoms with van der Waals surface area (Å²) in [5.74, 6) is -9.55. The number of hydroxylamine groups is 2. The van der Waals surface area contributed by atoms with Gasteiger partial charge < -0.3 is 9.47 Å². The number of ketones is 1. The van der Waals surface area contributed by atoms with Crippen LogP contribution in [0.5, 0.6) is 0 Å². The largest absolute Gasteiger partial charge is 0.444 e. The molecule has 0 bridgehead atoms. The molecule has 62 heavy (non-hydrogen) atoms. The van der Waals surface area contributed by atoms with Gasteiger partial charge in [-0.2, -0.15) is 0 Å². The lowest BCUT2D eigenvalue weighted by molar-refractivity contribution is -0.0756. The maximum absolute atomic E-state index is 14.8. The van der Waals surface area contributed by atoms with Gasteiger partial charge in [0.15, 0.2) is 34.9 Å². The van der Waals surface area contributed by atoms with Gasteiger partial charge in [-0.05, 0) is 77.9 Å². The predicted octanol–water partition coefficient (Wildman–Crippen LogP) is 9.34. The quantitative estimate of drug-likeness (QED) is 0.0706. The van der Waals surface area contributed by atoms with E-state index in [2.05, 4.69) is 19.9 Å². The predicted molar refractivity (Wildman–Crippen MR) is 214 cm³/mol. The summed E-state index contributed by atoms with van der Waals surface area (Å²) in [6, 6.07) is 10.5. The monoisotopic (exact) mass is 867 g/mol. The molecule has 0 aliphatic carbocycles. The first-order chi connectivity index (χ1) is 29.0. The van der Waals surface area contributed by atoms with E-state index in [1.165, 1.54) is 37.7 Å². The highest BCUT2D eigenvalue weighted by Crippen LogP contribution is 2.28. The van der Waals surface area contributed by atoms with E-state index in [1.807, 2.05) is 10.6 Å². The second kappa shape index (κ2) is 19.9. The van der Waals surface area contributed by atoms with Crippen molar-refractivity contribution in [3.05, 3.63) is 131 Å². The summed E-state index contributed by atoms with van der Waals surface area (Å²) in [4.78, 5) is 68.7. The Morgan fingerprint density at radius 1 is 0.548 bits per heavy atom. The molecule has 0 aliphatic heterocycles. The fourth-order valence-electron chi connectivity index (χ4n) is 4.95. The zero-order valence-corrected chi connectivity index (χ0v) is 34.4. The number of carbonyl (C=O) groups is 4. The summed E-state index contributed by atoms with van der Waals surface area (Å²) in [6.45, 7) is 9.58. The van der Waals surface area contributed by atoms with Crippen molar-refractivity contribution in [3.8, 4) is 0 Å². The van der Waals surface area contributed by atoms with Crippen molar-refractivity contribution in [2.45, 2.75) is 52.7 Å². The first-order valence-electron chi connectivity index (χ1n) is 18.1. The van der Waals surface area contributed by atoms with Crippen LogP contribution in [0.2, 0.25) is 0 Å². The standard InChI is InChI=1S/C20H16F3N3O3.C11H12F3NO2.C11H11N3O2/c1-20(2,3)29-19(28)26-14-9-11(21)16(22)15(17(14)23)18(27)10-4-5-12-13(8-10)25-7-6-24-12;1-11(2,3)17-10(16)15-9-5-7(13)6(12)4-8(9)14;1-14(16-2)11(15)8-3-4-9-10(7-8)13-6-5-12-9/h4-9H,1-3H3,(H,26,28);4-5H,1-3H3,(H,15,16);3-7H,1-2H3. The molecule has 0 radical (unpaired) electrons. The molecule has 6 aromatic rings. The van der Waals surface area contributed by atoms with E-state index >= 15 is 0 Å². The summed E-state index contributed by atoms with van der Waals surface area (Å²) in [5, 5.41) is 5.15. The SMILES string of the molecule is CC(C)(C)OC(=O)Nc1cc(F)c(F)c(C(=O)c2ccc3nccnc3c2)c1F.CC(C)(C)OC(=O)Nc1cc(F)c(F)cc1F.CON(C)C(=O)c1ccc2nccnc2c1. The van der Waals surface area contributed by atoms with E-state index in [9.17, 15) is 45.5 Å². The van der Waals surface area contributed by atoms with Gasteiger partial charge in [-0.3, -0.25) is 45.0 Å². The molecule has 0 unspecified atom stereocenters. The zero-order chi connectivity index (χ0) is 46.1. The molecule has 3 amide bonds. The molecule has 2 heterocycles. The van der Waals surface area contributed by atoms with E-state index < -0.39 is 81.0 Å². The highest BCUT2D eigenvalue weighted by molar-refractivity contribution is 6.11. The molecule has 6 rings (SSSR count). The van der Waals surface area contributed by atoms with Crippen LogP contribution in [0.1, 0.15) is 67.8 Å². The molecule has 0 fully saturated rings. The number of hydrogen-bond donors (Lipinski definition) is 2. The highest BCUT2D eigenvalue weighted by Gasteiger charge is 2.28. The molecular weight excluding hydrogens is 828 g/mol. The molecule has 0 spiro atoms. The van der Waals surface area contributed by atoms with Crippen molar-refractivity contribution in [2.75, 3.05) is 24.8 Å². The van der Waals surface area contributed by atoms with Crippen molar-refractivity contribution in [2.24, 2.45) is 0 Å². The molecule has 0 saturated carbocycles. The van der Waals surface area contributed by atoms with Gasteiger partial charge in [0.25, 0.3) is 5.91 Å². The molecule has 0 aliphatic rings. The molecule has 14 nitrogen and oxygen atoms in total. The fraction of sp³-hybridized carbons (Fsp3) is 0.238. The number of rotatable bonds is 6. The van der Waals surface area contributed by atoms with Crippen molar-refractivity contribution >= 4 is 57.3 Å². The maximum atomic E-state index is 14.8. The lowest BCUT2D eigenvalue weighted by Gasteiger charge is -2.20. The minimum absolute atomic E-state index is 0.121. The topological polar surface area (TPSA) is 175 Å². The van der Waals surface area contributed by atoms with Crippen LogP contribution in [0.25, 0.3) is 22.1 Å². The van der Waals surface area contributed by atoms with Crippen LogP contribution >= 0.6 is 0 Å². The van der Waals surface area contributed by atoms with Gasteiger partial charge in [0.2, 0.25) is 0 Å². The van der Waals surface area contributed by atoms with Crippen LogP contribution in [-0.4, -0.2) is 74.2 Å². The molecule has 2 aromatic heterocycles. The number of halogens is 6. The Morgan fingerprint density at radius 2 is 0.984 bits per heavy atom. The van der Waals surface area contributed by atoms with Gasteiger partial charge in [0.05, 0.1) is 46.1 Å². The normalized spacial score (nSPS) is 11.1. The van der Waals surface area contributed by atoms with E-state index in [4.69, 9.17) is 14.3 Å². The number of ether oxygens (including phenoxy) is 2. The number of benzene rings is 4. The van der Waals surface area contributed by atoms with Gasteiger partial charge in [0, 0.05) is 61.2 Å². The Bertz CT molecular complexity index is 2640. The van der Waals surface area contributed by atoms with Gasteiger partial charge in [0.1, 0.15) is 17.0 Å². The smallest absolute Gasteiger partial charge is 0.412 e. The summed E-state index contributed by atoms with van der Waals surface area (Å²) >= 11 is 0. The Morgan fingerprint density at radius 3 is 1.48 bits per heavy atom. The summed E-state index contributed by atoms with van der Waals surface area (Å²) in [6.07, 6.45) is 4.03. The van der Waals surface area contributed by atoms with Crippen LogP contribution in [0, 0.1) is 34.9 Å². The molecular formula is C42H39F6N7O7. The molecule has 0 atom stereocenters. The second-order valence-corrected chi connectivity index (χ2v) is 14.7. The minimum atomic E-state index is -1.67. The fourth-order valence-corrected chi connectivity index (χ4v) is 4.95. The maximum Gasteiger partial charge on any atom is 0.412 e. The molecule has 2 N–H and O–H groups in total. The second-order valence-electron chi connectivity index (χ2n) is 14.7. The van der Waals surface area contributed by atoms with E-state index in [0.717, 1.165) is 10.6 Å². The van der Waals surface area contributed by atoms with E-state index in [1.54, 1.807) is 79.2 Å². The molecule has 4 aromatic carbocycles. The summed E-state index contributed by atoms with van der Waals surface area (Å²) in [5.41, 5.74) is -1.35. The Kier molecular flexibility index (Phi) is 15.2. The third kappa shape index (κ3) is 12.9. The summed E-state index contributed by atoms with van der Waals surface area (Å²) in [7, 11) is 3.00. The number of nitrogens with one attached hydrogen (secondary N) is 2. The lowest BCUT2D eigenvalue weighted by atomic mass is 10.0. The lowest BCUT2D eigenvalue weighted by Crippen LogP contribution is -2.28. The Balaban J connectivity index is 0.000000219. The first kappa shape index (κ1) is 47.5. The number of amides is 3. The molecule has 0 saturated heterocycles. The van der Waals surface area contributed by atoms with Crippen molar-refractivity contribution in [1.29, 1.82) is 0 Å². The van der Waals surface area contributed by atoms with Crippen molar-refractivity contribution < 1.29 is 59.8 Å². The number of fused-ring (bicyclic) bond motifs is 2. The third-order valence-electron chi connectivity index (χ3n) is 7.67. The minimum Gasteiger partial charge on any atom is -0.444 e. The van der Waals surface area contributed by atoms with Crippen LogP contribution in [-0.2, 0) is 14.3 Å². The average Bonchev–Trinajstić information content (AvgIpc) is 3.20. The Labute approximate surface area is 350 Å². The molecule has 20 heteroatoms. The van der Waals surface area contributed by atoms with Gasteiger partial charge >= 0.3 is 12.2 Å². The van der Waals surface area contributed by atoms with E-state index in [0.29, 0.717) is 40.3 Å². The van der Waals surface area contributed by atoms with Crippen LogP contribution in [0.4, 0.5) is 47.3 Å². The Hall–Kier alpha value is -7.22. The zero-order valence-electron chi connectivity index (χ0n) is 34.4. The number of carbonyl (C=O) groups excluding carboxylic acids is 4. The highest BCUT2D eigenvalue weighted by atomic mass is 19.2. The third-order valence-corrected chi connectivity index (χ3v) is 7.67. The van der Waals surface area contributed by atoms with Gasteiger partial charge in [-0.1, -0.05) is 0 Å². The van der Waals surface area contributed by atoms with Gasteiger partial charge in [-0.15, -0.1) is 0 Å². The number of aromatic nitrogens is 4. The number of nitrogens with zero attached hydrogens (tertiary/aromatic N) is 5. The van der Waals surface area contributed by atoms with Crippen LogP contribution in [0.15, 0.2) is 79.4 Å². The number of anilines is 2. The van der Waals surface area contributed by atoms with Crippen LogP contribution < -0.4 is 10.6 Å². The summed E-state index contributed by atoms with van der Waals surface area (Å²) < 4.78 is 91.5. The average molecular weight is 868 g/mol. The number of hydrogen-bond acceptors (Lipinski definition) is 11.